The van der Waals surface area contributed by atoms with E-state index in [1.165, 1.54) is 4.40 Å². The van der Waals surface area contributed by atoms with Gasteiger partial charge in [-0.15, -0.1) is 5.10 Å². The molecular formula is C22H21N5O3. The maximum Gasteiger partial charge on any atom is 0.352 e. The molecule has 4 aromatic rings. The maximum atomic E-state index is 12.7. The van der Waals surface area contributed by atoms with Crippen LogP contribution in [0, 0.1) is 6.92 Å². The van der Waals surface area contributed by atoms with Crippen LogP contribution in [0.1, 0.15) is 12.7 Å². The number of nitrogens with one attached hydrogen (secondary N) is 1. The zero-order valence-electron chi connectivity index (χ0n) is 16.7. The monoisotopic (exact) mass is 403 g/mol. The molecule has 152 valence electrons. The third-order valence-corrected chi connectivity index (χ3v) is 4.55. The Kier molecular flexibility index (Phi) is 5.30. The lowest BCUT2D eigenvalue weighted by Gasteiger charge is -2.06. The van der Waals surface area contributed by atoms with Crippen molar-refractivity contribution in [3.8, 4) is 17.0 Å². The fourth-order valence-electron chi connectivity index (χ4n) is 3.20. The second kappa shape index (κ2) is 8.20. The van der Waals surface area contributed by atoms with Gasteiger partial charge in [0.25, 0.3) is 0 Å². The van der Waals surface area contributed by atoms with Crippen LogP contribution in [0.5, 0.6) is 5.75 Å². The molecule has 2 heterocycles. The van der Waals surface area contributed by atoms with Gasteiger partial charge in [0.1, 0.15) is 18.1 Å². The zero-order valence-corrected chi connectivity index (χ0v) is 16.7. The van der Waals surface area contributed by atoms with E-state index in [2.05, 4.69) is 15.4 Å². The number of fused-ring (bicyclic) bond motifs is 1. The maximum absolute atomic E-state index is 12.7. The highest BCUT2D eigenvalue weighted by Crippen LogP contribution is 2.18. The van der Waals surface area contributed by atoms with E-state index in [1.54, 1.807) is 37.3 Å². The van der Waals surface area contributed by atoms with Gasteiger partial charge in [-0.3, -0.25) is 4.79 Å². The fraction of sp³-hybridized carbons (Fsp3) is 0.182. The Labute approximate surface area is 172 Å². The molecule has 30 heavy (non-hydrogen) atoms. The first kappa shape index (κ1) is 19.4. The summed E-state index contributed by atoms with van der Waals surface area (Å²) in [5, 5.41) is 7.09. The summed E-state index contributed by atoms with van der Waals surface area (Å²) in [4.78, 5) is 29.7. The molecule has 0 saturated heterocycles. The van der Waals surface area contributed by atoms with Crippen LogP contribution in [0.25, 0.3) is 16.9 Å². The molecular weight excluding hydrogens is 382 g/mol. The Hall–Kier alpha value is -3.94. The predicted molar refractivity (Wildman–Crippen MR) is 114 cm³/mol. The van der Waals surface area contributed by atoms with Crippen LogP contribution in [0.15, 0.2) is 65.5 Å². The van der Waals surface area contributed by atoms with Crippen LogP contribution in [0.4, 0.5) is 5.69 Å². The molecule has 8 heteroatoms. The van der Waals surface area contributed by atoms with Crippen LogP contribution in [-0.2, 0) is 11.3 Å². The molecule has 0 aliphatic carbocycles. The van der Waals surface area contributed by atoms with Crippen LogP contribution in [0.2, 0.25) is 0 Å². The smallest absolute Gasteiger partial charge is 0.352 e. The average molecular weight is 403 g/mol. The van der Waals surface area contributed by atoms with Crippen molar-refractivity contribution in [2.75, 3.05) is 11.9 Å². The molecule has 0 fully saturated rings. The lowest BCUT2D eigenvalue weighted by molar-refractivity contribution is -0.117. The van der Waals surface area contributed by atoms with Gasteiger partial charge < -0.3 is 10.1 Å². The summed E-state index contributed by atoms with van der Waals surface area (Å²) in [6, 6.07) is 18.4. The standard InChI is InChI=1S/C22H21N5O3/c1-3-30-18-11-9-17(10-12-18)24-21(28)14-26-22(29)27-15(2)23-19(13-20(27)25-26)16-7-5-4-6-8-16/h4-13H,3,14H2,1-2H3,(H,24,28). The van der Waals surface area contributed by atoms with Gasteiger partial charge >= 0.3 is 5.69 Å². The highest BCUT2D eigenvalue weighted by molar-refractivity contribution is 5.90. The molecule has 0 atom stereocenters. The van der Waals surface area contributed by atoms with Gasteiger partial charge in [0.2, 0.25) is 5.91 Å². The number of anilines is 1. The number of hydrogen-bond acceptors (Lipinski definition) is 5. The van der Waals surface area contributed by atoms with Gasteiger partial charge in [-0.25, -0.2) is 18.9 Å². The van der Waals surface area contributed by atoms with Gasteiger partial charge in [0.15, 0.2) is 5.65 Å². The molecule has 2 aromatic carbocycles. The molecule has 0 aliphatic heterocycles. The third-order valence-electron chi connectivity index (χ3n) is 4.55. The minimum absolute atomic E-state index is 0.201. The number of rotatable bonds is 6. The van der Waals surface area contributed by atoms with Crippen LogP contribution >= 0.6 is 0 Å². The lowest BCUT2D eigenvalue weighted by atomic mass is 10.1. The molecule has 0 spiro atoms. The molecule has 1 N–H and O–H groups in total. The molecule has 0 unspecified atom stereocenters. The summed E-state index contributed by atoms with van der Waals surface area (Å²) in [6.45, 7) is 4.02. The van der Waals surface area contributed by atoms with Gasteiger partial charge in [-0.1, -0.05) is 30.3 Å². The number of amides is 1. The summed E-state index contributed by atoms with van der Waals surface area (Å²) in [5.41, 5.74) is 2.30. The second-order valence-electron chi connectivity index (χ2n) is 6.69. The van der Waals surface area contributed by atoms with Crippen molar-refractivity contribution in [2.45, 2.75) is 20.4 Å². The quantitative estimate of drug-likeness (QED) is 0.535. The first-order valence-corrected chi connectivity index (χ1v) is 9.60. The molecule has 4 rings (SSSR count). The van der Waals surface area contributed by atoms with Crippen molar-refractivity contribution >= 4 is 17.2 Å². The first-order valence-electron chi connectivity index (χ1n) is 9.60. The highest BCUT2D eigenvalue weighted by atomic mass is 16.5. The molecule has 0 radical (unpaired) electrons. The Morgan fingerprint density at radius 2 is 1.83 bits per heavy atom. The van der Waals surface area contributed by atoms with E-state index in [-0.39, 0.29) is 12.5 Å². The zero-order chi connectivity index (χ0) is 21.1. The average Bonchev–Trinajstić information content (AvgIpc) is 3.06. The van der Waals surface area contributed by atoms with Crippen molar-refractivity contribution in [1.29, 1.82) is 0 Å². The second-order valence-corrected chi connectivity index (χ2v) is 6.69. The fourth-order valence-corrected chi connectivity index (χ4v) is 3.20. The molecule has 2 aromatic heterocycles. The van der Waals surface area contributed by atoms with E-state index in [9.17, 15) is 9.59 Å². The number of carbonyl (C=O) groups excluding carboxylic acids is 1. The number of carbonyl (C=O) groups is 1. The lowest BCUT2D eigenvalue weighted by Crippen LogP contribution is -2.28. The molecule has 0 aliphatic rings. The molecule has 0 saturated carbocycles. The Bertz CT molecular complexity index is 1240. The van der Waals surface area contributed by atoms with Crippen molar-refractivity contribution in [2.24, 2.45) is 0 Å². The number of aryl methyl sites for hydroxylation is 1. The van der Waals surface area contributed by atoms with Crippen LogP contribution < -0.4 is 15.7 Å². The molecule has 0 bridgehead atoms. The first-order chi connectivity index (χ1) is 14.5. The minimum Gasteiger partial charge on any atom is -0.494 e. The van der Waals surface area contributed by atoms with E-state index in [1.807, 2.05) is 37.3 Å². The van der Waals surface area contributed by atoms with Crippen LogP contribution in [0.3, 0.4) is 0 Å². The Morgan fingerprint density at radius 3 is 2.53 bits per heavy atom. The SMILES string of the molecule is CCOc1ccc(NC(=O)Cn2nc3cc(-c4ccccc4)nc(C)n3c2=O)cc1. The Morgan fingerprint density at radius 1 is 1.10 bits per heavy atom. The van der Waals surface area contributed by atoms with Gasteiger partial charge in [0, 0.05) is 17.3 Å². The molecule has 1 amide bonds. The number of ether oxygens (including phenoxy) is 1. The summed E-state index contributed by atoms with van der Waals surface area (Å²) in [5.74, 6) is 0.886. The topological polar surface area (TPSA) is 90.5 Å². The summed E-state index contributed by atoms with van der Waals surface area (Å²) < 4.78 is 7.93. The van der Waals surface area contributed by atoms with E-state index in [0.717, 1.165) is 21.7 Å². The van der Waals surface area contributed by atoms with Crippen LogP contribution in [-0.4, -0.2) is 31.7 Å². The van der Waals surface area contributed by atoms with Gasteiger partial charge in [0.05, 0.1) is 12.3 Å². The summed E-state index contributed by atoms with van der Waals surface area (Å²) in [6.07, 6.45) is 0. The van der Waals surface area contributed by atoms with E-state index >= 15 is 0 Å². The number of nitrogens with zero attached hydrogens (tertiary/aromatic N) is 4. The van der Waals surface area contributed by atoms with E-state index in [4.69, 9.17) is 4.74 Å². The Balaban J connectivity index is 1.57. The van der Waals surface area contributed by atoms with Gasteiger partial charge in [-0.2, -0.15) is 0 Å². The predicted octanol–water partition coefficient (Wildman–Crippen LogP) is 2.90. The van der Waals surface area contributed by atoms with Crippen molar-refractivity contribution in [1.82, 2.24) is 19.2 Å². The largest absolute Gasteiger partial charge is 0.494 e. The third kappa shape index (κ3) is 3.93. The van der Waals surface area contributed by atoms with Crippen molar-refractivity contribution in [3.63, 3.8) is 0 Å². The molecule has 8 nitrogen and oxygen atoms in total. The number of hydrogen-bond donors (Lipinski definition) is 1. The van der Waals surface area contributed by atoms with Crippen molar-refractivity contribution in [3.05, 3.63) is 77.0 Å². The summed E-state index contributed by atoms with van der Waals surface area (Å²) >= 11 is 0. The number of benzene rings is 2. The minimum atomic E-state index is -0.406. The highest BCUT2D eigenvalue weighted by Gasteiger charge is 2.15. The number of aromatic nitrogens is 4. The van der Waals surface area contributed by atoms with Gasteiger partial charge in [-0.05, 0) is 38.1 Å². The van der Waals surface area contributed by atoms with Crippen molar-refractivity contribution < 1.29 is 9.53 Å². The van der Waals surface area contributed by atoms with E-state index in [0.29, 0.717) is 23.8 Å². The summed E-state index contributed by atoms with van der Waals surface area (Å²) in [7, 11) is 0. The van der Waals surface area contributed by atoms with E-state index < -0.39 is 5.69 Å². The normalized spacial score (nSPS) is 10.9.